The molecule has 2 aromatic heterocycles. The average Bonchev–Trinajstić information content (AvgIpc) is 2.24. The van der Waals surface area contributed by atoms with E-state index in [9.17, 15) is 0 Å². The van der Waals surface area contributed by atoms with Crippen LogP contribution < -0.4 is 4.74 Å². The topological polar surface area (TPSA) is 86.6 Å². The van der Waals surface area contributed by atoms with E-state index in [0.717, 1.165) is 0 Å². The predicted octanol–water partition coefficient (Wildman–Crippen LogP) is 1.16. The summed E-state index contributed by atoms with van der Waals surface area (Å²) < 4.78 is 5.15. The lowest BCUT2D eigenvalue weighted by molar-refractivity contribution is 0.424. The van der Waals surface area contributed by atoms with E-state index < -0.39 is 0 Å². The Morgan fingerprint density at radius 3 is 1.73 bits per heavy atom. The Morgan fingerprint density at radius 2 is 1.33 bits per heavy atom. The van der Waals surface area contributed by atoms with E-state index in [2.05, 4.69) is 30.8 Å². The molecule has 2 aromatic rings. The van der Waals surface area contributed by atoms with Gasteiger partial charge in [-0.3, -0.25) is 0 Å². The van der Waals surface area contributed by atoms with Crippen LogP contribution in [0.15, 0.2) is 12.4 Å². The van der Waals surface area contributed by atoms with Crippen molar-refractivity contribution in [3.05, 3.63) is 22.4 Å². The van der Waals surface area contributed by atoms with Gasteiger partial charge in [-0.25, -0.2) is 0 Å². The molecule has 9 heteroatoms. The van der Waals surface area contributed by atoms with Gasteiger partial charge in [0.1, 0.15) is 10.0 Å². The fraction of sp³-hybridized carbons (Fsp3) is 0. The van der Waals surface area contributed by atoms with Gasteiger partial charge in [0.25, 0.3) is 11.8 Å². The van der Waals surface area contributed by atoms with Crippen LogP contribution in [0.2, 0.25) is 10.0 Å². The molecular weight excluding hydrogens is 243 g/mol. The summed E-state index contributed by atoms with van der Waals surface area (Å²) in [6.07, 6.45) is 2.57. The standard InChI is InChI=1S/C6H2Cl2N6O/c7-3-1-9-13-11-5(3)15-6-4(8)2-10-14-12-6/h1-2H. The molecule has 0 saturated heterocycles. The Morgan fingerprint density at radius 1 is 0.867 bits per heavy atom. The number of ether oxygens (including phenoxy) is 1. The molecule has 0 radical (unpaired) electrons. The minimum absolute atomic E-state index is 0.0501. The van der Waals surface area contributed by atoms with Gasteiger partial charge in [0.2, 0.25) is 0 Å². The number of hydrogen-bond donors (Lipinski definition) is 0. The molecule has 0 spiro atoms. The molecule has 0 fully saturated rings. The molecule has 0 aliphatic carbocycles. The van der Waals surface area contributed by atoms with Crippen molar-refractivity contribution in [2.45, 2.75) is 0 Å². The lowest BCUT2D eigenvalue weighted by atomic mass is 10.6. The number of rotatable bonds is 2. The lowest BCUT2D eigenvalue weighted by Gasteiger charge is -2.02. The van der Waals surface area contributed by atoms with Crippen LogP contribution in [0.5, 0.6) is 11.8 Å². The van der Waals surface area contributed by atoms with Crippen molar-refractivity contribution in [2.75, 3.05) is 0 Å². The Hall–Kier alpha value is -1.60. The predicted molar refractivity (Wildman–Crippen MR) is 49.7 cm³/mol. The van der Waals surface area contributed by atoms with Crippen LogP contribution >= 0.6 is 23.2 Å². The van der Waals surface area contributed by atoms with E-state index in [4.69, 9.17) is 27.9 Å². The smallest absolute Gasteiger partial charge is 0.262 e. The first-order chi connectivity index (χ1) is 7.27. The Balaban J connectivity index is 2.30. The van der Waals surface area contributed by atoms with Gasteiger partial charge in [0.05, 0.1) is 12.4 Å². The fourth-order valence-electron chi connectivity index (χ4n) is 0.722. The summed E-state index contributed by atoms with van der Waals surface area (Å²) in [5.74, 6) is 0.100. The zero-order valence-electron chi connectivity index (χ0n) is 7.00. The summed E-state index contributed by atoms with van der Waals surface area (Å²) in [5.41, 5.74) is 0. The van der Waals surface area contributed by atoms with Gasteiger partial charge in [-0.2, -0.15) is 0 Å². The number of aromatic nitrogens is 6. The van der Waals surface area contributed by atoms with Crippen molar-refractivity contribution in [3.8, 4) is 11.8 Å². The largest absolute Gasteiger partial charge is 0.414 e. The Kier molecular flexibility index (Phi) is 2.84. The molecule has 0 saturated carbocycles. The van der Waals surface area contributed by atoms with Gasteiger partial charge in [0.15, 0.2) is 0 Å². The van der Waals surface area contributed by atoms with Crippen LogP contribution in [0, 0.1) is 0 Å². The van der Waals surface area contributed by atoms with Crippen molar-refractivity contribution < 1.29 is 4.74 Å². The summed E-state index contributed by atoms with van der Waals surface area (Å²) in [6, 6.07) is 0. The van der Waals surface area contributed by atoms with E-state index in [1.54, 1.807) is 0 Å². The zero-order valence-corrected chi connectivity index (χ0v) is 8.51. The first kappa shape index (κ1) is 9.94. The number of halogens is 2. The summed E-state index contributed by atoms with van der Waals surface area (Å²) in [6.45, 7) is 0. The van der Waals surface area contributed by atoms with Crippen molar-refractivity contribution >= 4 is 23.2 Å². The lowest BCUT2D eigenvalue weighted by Crippen LogP contribution is -1.97. The molecule has 2 rings (SSSR count). The molecule has 0 N–H and O–H groups in total. The van der Waals surface area contributed by atoms with Crippen molar-refractivity contribution in [1.29, 1.82) is 0 Å². The van der Waals surface area contributed by atoms with Crippen LogP contribution in [0.25, 0.3) is 0 Å². The summed E-state index contributed by atoms with van der Waals surface area (Å²) >= 11 is 11.5. The highest BCUT2D eigenvalue weighted by molar-refractivity contribution is 6.32. The van der Waals surface area contributed by atoms with Crippen LogP contribution in [-0.4, -0.2) is 30.8 Å². The SMILES string of the molecule is Clc1cnnnc1Oc1nnncc1Cl. The highest BCUT2D eigenvalue weighted by Crippen LogP contribution is 2.27. The molecular formula is C6H2Cl2N6O. The number of hydrogen-bond acceptors (Lipinski definition) is 7. The van der Waals surface area contributed by atoms with Crippen LogP contribution in [0.3, 0.4) is 0 Å². The van der Waals surface area contributed by atoms with E-state index in [1.807, 2.05) is 0 Å². The minimum atomic E-state index is 0.0501. The van der Waals surface area contributed by atoms with Crippen LogP contribution in [-0.2, 0) is 0 Å². The highest BCUT2D eigenvalue weighted by atomic mass is 35.5. The molecule has 7 nitrogen and oxygen atoms in total. The second-order valence-corrected chi connectivity index (χ2v) is 3.09. The van der Waals surface area contributed by atoms with E-state index in [1.165, 1.54) is 12.4 Å². The molecule has 0 aliphatic rings. The van der Waals surface area contributed by atoms with Gasteiger partial charge >= 0.3 is 0 Å². The highest BCUT2D eigenvalue weighted by Gasteiger charge is 2.10. The molecule has 0 bridgehead atoms. The molecule has 0 aliphatic heterocycles. The first-order valence-corrected chi connectivity index (χ1v) is 4.38. The molecule has 15 heavy (non-hydrogen) atoms. The summed E-state index contributed by atoms with van der Waals surface area (Å²) in [5, 5.41) is 21.1. The molecule has 0 unspecified atom stereocenters. The monoisotopic (exact) mass is 244 g/mol. The third kappa shape index (κ3) is 2.25. The van der Waals surface area contributed by atoms with Gasteiger partial charge < -0.3 is 4.74 Å². The van der Waals surface area contributed by atoms with Gasteiger partial charge in [-0.1, -0.05) is 33.4 Å². The summed E-state index contributed by atoms with van der Waals surface area (Å²) in [7, 11) is 0. The molecule has 76 valence electrons. The number of nitrogens with zero attached hydrogens (tertiary/aromatic N) is 6. The van der Waals surface area contributed by atoms with Gasteiger partial charge in [-0.05, 0) is 10.4 Å². The zero-order chi connectivity index (χ0) is 10.7. The molecule has 0 atom stereocenters. The maximum Gasteiger partial charge on any atom is 0.262 e. The maximum atomic E-state index is 5.73. The summed E-state index contributed by atoms with van der Waals surface area (Å²) in [4.78, 5) is 0. The second-order valence-electron chi connectivity index (χ2n) is 2.28. The molecule has 2 heterocycles. The average molecular weight is 245 g/mol. The van der Waals surface area contributed by atoms with Crippen molar-refractivity contribution in [1.82, 2.24) is 30.8 Å². The van der Waals surface area contributed by atoms with Crippen molar-refractivity contribution in [3.63, 3.8) is 0 Å². The first-order valence-electron chi connectivity index (χ1n) is 3.63. The third-order valence-electron chi connectivity index (χ3n) is 1.32. The Labute approximate surface area is 93.4 Å². The Bertz CT molecular complexity index is 437. The second kappa shape index (κ2) is 4.28. The van der Waals surface area contributed by atoms with Gasteiger partial charge in [-0.15, -0.1) is 10.2 Å². The maximum absolute atomic E-state index is 5.73. The quantitative estimate of drug-likeness (QED) is 0.784. The van der Waals surface area contributed by atoms with Crippen LogP contribution in [0.4, 0.5) is 0 Å². The fourth-order valence-corrected chi connectivity index (χ4v) is 0.962. The van der Waals surface area contributed by atoms with Crippen LogP contribution in [0.1, 0.15) is 0 Å². The van der Waals surface area contributed by atoms with Crippen molar-refractivity contribution in [2.24, 2.45) is 0 Å². The van der Waals surface area contributed by atoms with E-state index in [0.29, 0.717) is 0 Å². The minimum Gasteiger partial charge on any atom is -0.414 e. The normalized spacial score (nSPS) is 10.0. The third-order valence-corrected chi connectivity index (χ3v) is 1.84. The van der Waals surface area contributed by atoms with E-state index in [-0.39, 0.29) is 21.8 Å². The molecule has 0 amide bonds. The van der Waals surface area contributed by atoms with Gasteiger partial charge in [0, 0.05) is 0 Å². The molecule has 0 aromatic carbocycles. The van der Waals surface area contributed by atoms with E-state index >= 15 is 0 Å².